The van der Waals surface area contributed by atoms with E-state index in [9.17, 15) is 0 Å². The van der Waals surface area contributed by atoms with E-state index in [1.807, 2.05) is 18.5 Å². The van der Waals surface area contributed by atoms with Crippen molar-refractivity contribution < 1.29 is 0 Å². The second-order valence-corrected chi connectivity index (χ2v) is 8.27. The number of hydrogen-bond donors (Lipinski definition) is 0. The van der Waals surface area contributed by atoms with Crippen LogP contribution in [0.5, 0.6) is 0 Å². The molecule has 3 heterocycles. The van der Waals surface area contributed by atoms with Gasteiger partial charge in [-0.15, -0.1) is 0 Å². The molecule has 3 aromatic rings. The standard InChI is InChI=1S/C25H26N2/c1-18-5-2-3-7-24(18)20-8-10-21(11-9-20)25-22-13-23(25)17-27(16-22)15-19-6-4-12-26-14-19/h2-12,14,22-23,25H,13,15-17H2,1H3. The number of nitrogens with zero attached hydrogens (tertiary/aromatic N) is 2. The SMILES string of the molecule is Cc1ccccc1-c1ccc(C2C3CC2CN(Cc2cccnc2)C3)cc1. The van der Waals surface area contributed by atoms with Crippen molar-refractivity contribution >= 4 is 0 Å². The summed E-state index contributed by atoms with van der Waals surface area (Å²) in [5.41, 5.74) is 6.89. The fourth-order valence-electron chi connectivity index (χ4n) is 5.19. The van der Waals surface area contributed by atoms with E-state index < -0.39 is 0 Å². The highest BCUT2D eigenvalue weighted by Gasteiger charge is 2.46. The zero-order chi connectivity index (χ0) is 18.2. The average Bonchev–Trinajstić information content (AvgIpc) is 2.70. The molecule has 2 atom stereocenters. The molecule has 1 saturated carbocycles. The lowest BCUT2D eigenvalue weighted by Gasteiger charge is -2.54. The van der Waals surface area contributed by atoms with Crippen LogP contribution in [0.25, 0.3) is 11.1 Å². The first-order valence-electron chi connectivity index (χ1n) is 10.0. The molecule has 0 amide bonds. The zero-order valence-corrected chi connectivity index (χ0v) is 15.9. The Morgan fingerprint density at radius 2 is 1.70 bits per heavy atom. The molecule has 0 spiro atoms. The van der Waals surface area contributed by atoms with Crippen molar-refractivity contribution in [1.29, 1.82) is 0 Å². The molecule has 27 heavy (non-hydrogen) atoms. The number of rotatable bonds is 4. The van der Waals surface area contributed by atoms with Gasteiger partial charge in [0.2, 0.25) is 0 Å². The fourth-order valence-corrected chi connectivity index (χ4v) is 5.19. The van der Waals surface area contributed by atoms with Crippen molar-refractivity contribution in [3.8, 4) is 11.1 Å². The van der Waals surface area contributed by atoms with E-state index in [1.54, 1.807) is 0 Å². The van der Waals surface area contributed by atoms with Crippen LogP contribution in [0.4, 0.5) is 0 Å². The predicted molar refractivity (Wildman–Crippen MR) is 110 cm³/mol. The molecule has 1 aliphatic carbocycles. The highest BCUT2D eigenvalue weighted by Crippen LogP contribution is 2.52. The largest absolute Gasteiger partial charge is 0.298 e. The first-order chi connectivity index (χ1) is 13.3. The van der Waals surface area contributed by atoms with E-state index in [0.29, 0.717) is 0 Å². The van der Waals surface area contributed by atoms with Crippen LogP contribution >= 0.6 is 0 Å². The summed E-state index contributed by atoms with van der Waals surface area (Å²) in [5.74, 6) is 2.37. The average molecular weight is 354 g/mol. The highest BCUT2D eigenvalue weighted by atomic mass is 15.2. The van der Waals surface area contributed by atoms with Crippen molar-refractivity contribution in [2.45, 2.75) is 25.8 Å². The normalized spacial score (nSPS) is 24.4. The summed E-state index contributed by atoms with van der Waals surface area (Å²) in [6.07, 6.45) is 5.25. The monoisotopic (exact) mass is 354 g/mol. The van der Waals surface area contributed by atoms with Gasteiger partial charge in [0, 0.05) is 32.0 Å². The topological polar surface area (TPSA) is 16.1 Å². The molecule has 2 heteroatoms. The van der Waals surface area contributed by atoms with Crippen LogP contribution in [0.15, 0.2) is 73.1 Å². The Labute approximate surface area is 161 Å². The first kappa shape index (κ1) is 16.7. The fraction of sp³-hybridized carbons (Fsp3) is 0.320. The maximum Gasteiger partial charge on any atom is 0.0312 e. The Kier molecular flexibility index (Phi) is 4.29. The quantitative estimate of drug-likeness (QED) is 0.633. The van der Waals surface area contributed by atoms with Crippen LogP contribution in [-0.2, 0) is 6.54 Å². The first-order valence-corrected chi connectivity index (χ1v) is 10.0. The summed E-state index contributed by atoms with van der Waals surface area (Å²) in [6.45, 7) is 5.67. The van der Waals surface area contributed by atoms with Crippen molar-refractivity contribution in [1.82, 2.24) is 9.88 Å². The molecule has 6 rings (SSSR count). The van der Waals surface area contributed by atoms with E-state index in [4.69, 9.17) is 0 Å². The van der Waals surface area contributed by atoms with E-state index >= 15 is 0 Å². The van der Waals surface area contributed by atoms with Crippen molar-refractivity contribution in [3.05, 3.63) is 89.7 Å². The summed E-state index contributed by atoms with van der Waals surface area (Å²) in [7, 11) is 0. The minimum atomic E-state index is 0.751. The molecule has 2 nitrogen and oxygen atoms in total. The smallest absolute Gasteiger partial charge is 0.0312 e. The van der Waals surface area contributed by atoms with Crippen molar-refractivity contribution in [2.75, 3.05) is 13.1 Å². The number of hydrogen-bond acceptors (Lipinski definition) is 2. The van der Waals surface area contributed by atoms with Crippen molar-refractivity contribution in [3.63, 3.8) is 0 Å². The summed E-state index contributed by atoms with van der Waals surface area (Å²) >= 11 is 0. The summed E-state index contributed by atoms with van der Waals surface area (Å²) < 4.78 is 0. The lowest BCUT2D eigenvalue weighted by molar-refractivity contribution is -0.00535. The van der Waals surface area contributed by atoms with Gasteiger partial charge in [0.15, 0.2) is 0 Å². The number of pyridine rings is 1. The highest BCUT2D eigenvalue weighted by molar-refractivity contribution is 5.67. The van der Waals surface area contributed by atoms with Gasteiger partial charge in [-0.05, 0) is 65.0 Å². The van der Waals surface area contributed by atoms with Gasteiger partial charge in [0.1, 0.15) is 0 Å². The molecule has 1 aromatic heterocycles. The number of benzene rings is 2. The van der Waals surface area contributed by atoms with Gasteiger partial charge in [-0.1, -0.05) is 54.6 Å². The molecule has 2 saturated heterocycles. The second kappa shape index (κ2) is 6.94. The molecular weight excluding hydrogens is 328 g/mol. The Bertz CT molecular complexity index is 905. The lowest BCUT2D eigenvalue weighted by atomic mass is 9.59. The van der Waals surface area contributed by atoms with Crippen LogP contribution in [0.1, 0.15) is 29.0 Å². The number of aryl methyl sites for hydroxylation is 1. The molecule has 2 aliphatic heterocycles. The maximum atomic E-state index is 4.26. The summed E-state index contributed by atoms with van der Waals surface area (Å²) in [5, 5.41) is 0. The minimum absolute atomic E-state index is 0.751. The Morgan fingerprint density at radius 3 is 2.41 bits per heavy atom. The van der Waals surface area contributed by atoms with Gasteiger partial charge in [-0.3, -0.25) is 9.88 Å². The zero-order valence-electron chi connectivity index (χ0n) is 15.9. The second-order valence-electron chi connectivity index (χ2n) is 8.27. The lowest BCUT2D eigenvalue weighted by Crippen LogP contribution is -2.53. The molecule has 2 aromatic carbocycles. The Morgan fingerprint density at radius 1 is 0.926 bits per heavy atom. The van der Waals surface area contributed by atoms with Gasteiger partial charge in [-0.2, -0.15) is 0 Å². The van der Waals surface area contributed by atoms with E-state index in [1.165, 1.54) is 47.3 Å². The van der Waals surface area contributed by atoms with E-state index in [0.717, 1.165) is 24.3 Å². The van der Waals surface area contributed by atoms with Gasteiger partial charge >= 0.3 is 0 Å². The molecule has 0 radical (unpaired) electrons. The van der Waals surface area contributed by atoms with Gasteiger partial charge in [-0.25, -0.2) is 0 Å². The molecule has 2 bridgehead atoms. The molecular formula is C25H26N2. The number of piperidine rings is 2. The van der Waals surface area contributed by atoms with Gasteiger partial charge < -0.3 is 0 Å². The Hall–Kier alpha value is -2.45. The third-order valence-corrected chi connectivity index (χ3v) is 6.49. The van der Waals surface area contributed by atoms with E-state index in [-0.39, 0.29) is 0 Å². The molecule has 3 aliphatic rings. The van der Waals surface area contributed by atoms with Crippen LogP contribution in [0, 0.1) is 18.8 Å². The van der Waals surface area contributed by atoms with E-state index in [2.05, 4.69) is 71.4 Å². The Balaban J connectivity index is 1.28. The van der Waals surface area contributed by atoms with Crippen LogP contribution in [0.3, 0.4) is 0 Å². The van der Waals surface area contributed by atoms with Gasteiger partial charge in [0.25, 0.3) is 0 Å². The van der Waals surface area contributed by atoms with Crippen molar-refractivity contribution in [2.24, 2.45) is 11.8 Å². The summed E-state index contributed by atoms with van der Waals surface area (Å²) in [4.78, 5) is 6.87. The van der Waals surface area contributed by atoms with Crippen LogP contribution in [0.2, 0.25) is 0 Å². The molecule has 2 unspecified atom stereocenters. The number of aromatic nitrogens is 1. The van der Waals surface area contributed by atoms with Crippen LogP contribution < -0.4 is 0 Å². The van der Waals surface area contributed by atoms with Crippen LogP contribution in [-0.4, -0.2) is 23.0 Å². The molecule has 0 N–H and O–H groups in total. The summed E-state index contributed by atoms with van der Waals surface area (Å²) in [6, 6.07) is 22.3. The number of fused-ring (bicyclic) bond motifs is 2. The van der Waals surface area contributed by atoms with Gasteiger partial charge in [0.05, 0.1) is 0 Å². The molecule has 136 valence electrons. The third-order valence-electron chi connectivity index (χ3n) is 6.49. The maximum absolute atomic E-state index is 4.26. The minimum Gasteiger partial charge on any atom is -0.298 e. The molecule has 3 fully saturated rings. The predicted octanol–water partition coefficient (Wildman–Crippen LogP) is 5.29. The third kappa shape index (κ3) is 3.19.